The van der Waals surface area contributed by atoms with Crippen molar-refractivity contribution in [3.05, 3.63) is 0 Å². The van der Waals surface area contributed by atoms with Gasteiger partial charge in [0.15, 0.2) is 0 Å². The Hall–Kier alpha value is 0.0700. The molecule has 0 aliphatic rings. The molecule has 1 amide bonds. The zero-order valence-corrected chi connectivity index (χ0v) is 11.7. The highest BCUT2D eigenvalue weighted by molar-refractivity contribution is 7.99. The zero-order chi connectivity index (χ0) is 11.0. The van der Waals surface area contributed by atoms with Gasteiger partial charge in [0.1, 0.15) is 0 Å². The van der Waals surface area contributed by atoms with Gasteiger partial charge < -0.3 is 10.2 Å². The first-order valence-electron chi connectivity index (χ1n) is 5.11. The van der Waals surface area contributed by atoms with Crippen molar-refractivity contribution in [3.8, 4) is 0 Å². The average molecular weight is 255 g/mol. The molecule has 0 fully saturated rings. The van der Waals surface area contributed by atoms with Crippen molar-refractivity contribution in [1.82, 2.24) is 10.2 Å². The second-order valence-electron chi connectivity index (χ2n) is 3.37. The predicted molar refractivity (Wildman–Crippen MR) is 71.0 cm³/mol. The Bertz CT molecular complexity index is 170. The summed E-state index contributed by atoms with van der Waals surface area (Å²) < 4.78 is 0. The van der Waals surface area contributed by atoms with Gasteiger partial charge in [-0.1, -0.05) is 6.92 Å². The van der Waals surface area contributed by atoms with Gasteiger partial charge in [0.05, 0.1) is 6.54 Å². The smallest absolute Gasteiger partial charge is 0.236 e. The fraction of sp³-hybridized carbons (Fsp3) is 0.900. The number of amides is 1. The third kappa shape index (κ3) is 7.94. The molecule has 0 spiro atoms. The summed E-state index contributed by atoms with van der Waals surface area (Å²) in [7, 11) is 3.67. The lowest BCUT2D eigenvalue weighted by atomic mass is 10.2. The average Bonchev–Trinajstić information content (AvgIpc) is 2.17. The monoisotopic (exact) mass is 254 g/mol. The maximum atomic E-state index is 11.5. The molecule has 1 atom stereocenters. The summed E-state index contributed by atoms with van der Waals surface area (Å²) >= 11 is 1.93. The lowest BCUT2D eigenvalue weighted by Crippen LogP contribution is -2.40. The summed E-state index contributed by atoms with van der Waals surface area (Å²) in [6.07, 6.45) is 1.07. The van der Waals surface area contributed by atoms with Gasteiger partial charge in [-0.05, 0) is 31.9 Å². The lowest BCUT2D eigenvalue weighted by molar-refractivity contribution is -0.130. The number of carbonyl (C=O) groups excluding carboxylic acids is 1. The molecular weight excluding hydrogens is 232 g/mol. The first-order valence-corrected chi connectivity index (χ1v) is 6.27. The van der Waals surface area contributed by atoms with Crippen molar-refractivity contribution >= 4 is 30.1 Å². The van der Waals surface area contributed by atoms with Gasteiger partial charge in [0.25, 0.3) is 0 Å². The normalized spacial score (nSPS) is 11.7. The third-order valence-corrected chi connectivity index (χ3v) is 3.20. The molecule has 0 aliphatic carbocycles. The number of hydrogen-bond donors (Lipinski definition) is 1. The molecule has 0 radical (unpaired) electrons. The van der Waals surface area contributed by atoms with E-state index in [1.165, 1.54) is 0 Å². The maximum absolute atomic E-state index is 11.5. The fourth-order valence-electron chi connectivity index (χ4n) is 1.11. The Morgan fingerprint density at radius 2 is 2.13 bits per heavy atom. The van der Waals surface area contributed by atoms with Crippen LogP contribution in [0.3, 0.4) is 0 Å². The molecule has 0 saturated carbocycles. The molecule has 0 rings (SSSR count). The highest BCUT2D eigenvalue weighted by Crippen LogP contribution is 2.07. The zero-order valence-electron chi connectivity index (χ0n) is 10.1. The van der Waals surface area contributed by atoms with E-state index in [0.29, 0.717) is 12.6 Å². The van der Waals surface area contributed by atoms with Crippen molar-refractivity contribution in [2.45, 2.75) is 26.3 Å². The predicted octanol–water partition coefficient (Wildman–Crippen LogP) is 1.62. The number of halogens is 1. The van der Waals surface area contributed by atoms with Gasteiger partial charge in [-0.3, -0.25) is 4.79 Å². The molecular formula is C10H23ClN2OS. The van der Waals surface area contributed by atoms with E-state index in [4.69, 9.17) is 0 Å². The van der Waals surface area contributed by atoms with Gasteiger partial charge in [0, 0.05) is 13.1 Å². The van der Waals surface area contributed by atoms with Gasteiger partial charge in [-0.15, -0.1) is 12.4 Å². The van der Waals surface area contributed by atoms with Crippen LogP contribution in [-0.4, -0.2) is 49.0 Å². The van der Waals surface area contributed by atoms with Crippen molar-refractivity contribution in [3.63, 3.8) is 0 Å². The summed E-state index contributed by atoms with van der Waals surface area (Å²) in [5.41, 5.74) is 0. The molecule has 0 aliphatic heterocycles. The number of hydrogen-bond acceptors (Lipinski definition) is 3. The van der Waals surface area contributed by atoms with Crippen LogP contribution in [0.2, 0.25) is 0 Å². The molecule has 92 valence electrons. The standard InChI is InChI=1S/C10H22N2OS.ClH/c1-5-14-7-6-9(2)12(4)10(13)8-11-3;/h9,11H,5-8H2,1-4H3;1H. The quantitative estimate of drug-likeness (QED) is 0.701. The molecule has 0 aromatic heterocycles. The van der Waals surface area contributed by atoms with E-state index in [1.807, 2.05) is 23.7 Å². The minimum Gasteiger partial charge on any atom is -0.342 e. The number of nitrogens with one attached hydrogen (secondary N) is 1. The van der Waals surface area contributed by atoms with E-state index in [9.17, 15) is 4.79 Å². The molecule has 0 heterocycles. The molecule has 0 aromatic rings. The second kappa shape index (κ2) is 10.6. The highest BCUT2D eigenvalue weighted by Gasteiger charge is 2.13. The number of likely N-dealkylation sites (N-methyl/N-ethyl adjacent to an activating group) is 2. The molecule has 15 heavy (non-hydrogen) atoms. The first-order chi connectivity index (χ1) is 6.63. The van der Waals surface area contributed by atoms with E-state index in [2.05, 4.69) is 19.2 Å². The van der Waals surface area contributed by atoms with E-state index < -0.39 is 0 Å². The van der Waals surface area contributed by atoms with Crippen LogP contribution in [0.4, 0.5) is 0 Å². The fourth-order valence-corrected chi connectivity index (χ4v) is 1.91. The Morgan fingerprint density at radius 1 is 1.53 bits per heavy atom. The van der Waals surface area contributed by atoms with Crippen molar-refractivity contribution in [2.75, 3.05) is 32.1 Å². The number of rotatable bonds is 7. The van der Waals surface area contributed by atoms with Crippen molar-refractivity contribution < 1.29 is 4.79 Å². The lowest BCUT2D eigenvalue weighted by Gasteiger charge is -2.24. The summed E-state index contributed by atoms with van der Waals surface area (Å²) in [4.78, 5) is 13.3. The topological polar surface area (TPSA) is 32.3 Å². The number of thioether (sulfide) groups is 1. The van der Waals surface area contributed by atoms with E-state index in [0.717, 1.165) is 17.9 Å². The van der Waals surface area contributed by atoms with Crippen LogP contribution in [0.15, 0.2) is 0 Å². The van der Waals surface area contributed by atoms with Crippen LogP contribution in [-0.2, 0) is 4.79 Å². The van der Waals surface area contributed by atoms with Crippen LogP contribution in [0.1, 0.15) is 20.3 Å². The Kier molecular flexibility index (Phi) is 12.3. The Balaban J connectivity index is 0. The Labute approximate surface area is 104 Å². The minimum atomic E-state index is 0. The molecule has 1 N–H and O–H groups in total. The largest absolute Gasteiger partial charge is 0.342 e. The second-order valence-corrected chi connectivity index (χ2v) is 4.76. The molecule has 5 heteroatoms. The molecule has 0 bridgehead atoms. The summed E-state index contributed by atoms with van der Waals surface area (Å²) in [6, 6.07) is 0.342. The minimum absolute atomic E-state index is 0. The van der Waals surface area contributed by atoms with Crippen LogP contribution in [0.5, 0.6) is 0 Å². The van der Waals surface area contributed by atoms with Crippen molar-refractivity contribution in [1.29, 1.82) is 0 Å². The molecule has 0 saturated heterocycles. The van der Waals surface area contributed by atoms with Gasteiger partial charge in [-0.25, -0.2) is 0 Å². The summed E-state index contributed by atoms with van der Waals surface area (Å²) in [5, 5.41) is 2.87. The maximum Gasteiger partial charge on any atom is 0.236 e. The molecule has 1 unspecified atom stereocenters. The van der Waals surface area contributed by atoms with Gasteiger partial charge in [-0.2, -0.15) is 11.8 Å². The van der Waals surface area contributed by atoms with Gasteiger partial charge in [0.2, 0.25) is 5.91 Å². The highest BCUT2D eigenvalue weighted by atomic mass is 35.5. The molecule has 0 aromatic carbocycles. The van der Waals surface area contributed by atoms with Crippen LogP contribution in [0, 0.1) is 0 Å². The summed E-state index contributed by atoms with van der Waals surface area (Å²) in [6.45, 7) is 4.69. The van der Waals surface area contributed by atoms with E-state index in [1.54, 1.807) is 7.05 Å². The molecule has 3 nitrogen and oxygen atoms in total. The SMILES string of the molecule is CCSCCC(C)N(C)C(=O)CNC.Cl. The van der Waals surface area contributed by atoms with E-state index in [-0.39, 0.29) is 18.3 Å². The van der Waals surface area contributed by atoms with Crippen LogP contribution < -0.4 is 5.32 Å². The van der Waals surface area contributed by atoms with E-state index >= 15 is 0 Å². The Morgan fingerprint density at radius 3 is 2.60 bits per heavy atom. The van der Waals surface area contributed by atoms with Crippen LogP contribution in [0.25, 0.3) is 0 Å². The van der Waals surface area contributed by atoms with Crippen LogP contribution >= 0.6 is 24.2 Å². The third-order valence-electron chi connectivity index (χ3n) is 2.27. The first kappa shape index (κ1) is 17.5. The number of nitrogens with zero attached hydrogens (tertiary/aromatic N) is 1. The van der Waals surface area contributed by atoms with Crippen molar-refractivity contribution in [2.24, 2.45) is 0 Å². The summed E-state index contributed by atoms with van der Waals surface area (Å²) in [5.74, 6) is 2.46. The van der Waals surface area contributed by atoms with Gasteiger partial charge >= 0.3 is 0 Å². The number of carbonyl (C=O) groups is 1.